The lowest BCUT2D eigenvalue weighted by Gasteiger charge is -2.16. The van der Waals surface area contributed by atoms with E-state index in [0.29, 0.717) is 16.2 Å². The molecule has 1 saturated carbocycles. The van der Waals surface area contributed by atoms with Gasteiger partial charge >= 0.3 is 0 Å². The average molecular weight is 277 g/mol. The van der Waals surface area contributed by atoms with Crippen LogP contribution in [0.1, 0.15) is 48.7 Å². The van der Waals surface area contributed by atoms with Crippen LogP contribution < -0.4 is 11.1 Å². The Bertz CT molecular complexity index is 468. The number of nitrogens with zero attached hydrogens (tertiary/aromatic N) is 1. The second-order valence-electron chi connectivity index (χ2n) is 5.05. The Labute approximate surface area is 118 Å². The largest absolute Gasteiger partial charge is 0.389 e. The van der Waals surface area contributed by atoms with Gasteiger partial charge in [-0.25, -0.2) is 0 Å². The molecular formula is C14H19N3OS. The minimum atomic E-state index is -0.123. The quantitative estimate of drug-likeness (QED) is 0.781. The van der Waals surface area contributed by atoms with Crippen LogP contribution in [0.3, 0.4) is 0 Å². The number of thiocarbonyl (C=S) groups is 1. The number of pyridine rings is 1. The van der Waals surface area contributed by atoms with Crippen molar-refractivity contribution in [2.24, 2.45) is 11.7 Å². The standard InChI is InChI=1S/C14H19N3OS/c1-2-11(7-9-3-4-9)17-14(18)12-6-5-10(8-16-12)13(15)19/h5-6,8-9,11H,2-4,7H2,1H3,(H2,15,19)(H,17,18). The molecule has 1 aliphatic carbocycles. The Morgan fingerprint density at radius 1 is 1.58 bits per heavy atom. The average Bonchev–Trinajstić information content (AvgIpc) is 3.22. The van der Waals surface area contributed by atoms with Crippen LogP contribution >= 0.6 is 12.2 Å². The molecule has 1 atom stereocenters. The van der Waals surface area contributed by atoms with Crippen LogP contribution in [0.2, 0.25) is 0 Å². The number of carbonyl (C=O) groups is 1. The molecule has 0 aromatic carbocycles. The molecule has 5 heteroatoms. The predicted molar refractivity (Wildman–Crippen MR) is 79.0 cm³/mol. The van der Waals surface area contributed by atoms with Crippen molar-refractivity contribution in [1.29, 1.82) is 0 Å². The summed E-state index contributed by atoms with van der Waals surface area (Å²) in [5.74, 6) is 0.678. The summed E-state index contributed by atoms with van der Waals surface area (Å²) in [7, 11) is 0. The van der Waals surface area contributed by atoms with Crippen LogP contribution in [0.5, 0.6) is 0 Å². The summed E-state index contributed by atoms with van der Waals surface area (Å²) in [6, 6.07) is 3.64. The Balaban J connectivity index is 1.95. The van der Waals surface area contributed by atoms with Crippen molar-refractivity contribution in [3.8, 4) is 0 Å². The number of hydrogen-bond acceptors (Lipinski definition) is 3. The minimum Gasteiger partial charge on any atom is -0.389 e. The maximum Gasteiger partial charge on any atom is 0.270 e. The molecular weight excluding hydrogens is 258 g/mol. The third-order valence-corrected chi connectivity index (χ3v) is 3.66. The molecule has 1 aromatic heterocycles. The molecule has 1 aliphatic rings. The summed E-state index contributed by atoms with van der Waals surface area (Å²) in [6.45, 7) is 2.09. The van der Waals surface area contributed by atoms with E-state index < -0.39 is 0 Å². The van der Waals surface area contributed by atoms with Crippen LogP contribution in [0.15, 0.2) is 18.3 Å². The molecule has 0 radical (unpaired) electrons. The Morgan fingerprint density at radius 3 is 2.79 bits per heavy atom. The van der Waals surface area contributed by atoms with Gasteiger partial charge in [0.15, 0.2) is 0 Å². The molecule has 3 N–H and O–H groups in total. The maximum absolute atomic E-state index is 12.1. The molecule has 0 bridgehead atoms. The summed E-state index contributed by atoms with van der Waals surface area (Å²) in [5.41, 5.74) is 6.58. The van der Waals surface area contributed by atoms with Gasteiger partial charge < -0.3 is 11.1 Å². The van der Waals surface area contributed by atoms with Crippen molar-refractivity contribution in [1.82, 2.24) is 10.3 Å². The molecule has 19 heavy (non-hydrogen) atoms. The van der Waals surface area contributed by atoms with Gasteiger partial charge in [-0.2, -0.15) is 0 Å². The summed E-state index contributed by atoms with van der Waals surface area (Å²) in [4.78, 5) is 16.5. The fourth-order valence-corrected chi connectivity index (χ4v) is 2.14. The molecule has 1 amide bonds. The lowest BCUT2D eigenvalue weighted by Crippen LogP contribution is -2.35. The van der Waals surface area contributed by atoms with Gasteiger partial charge in [0.2, 0.25) is 0 Å². The molecule has 102 valence electrons. The first kappa shape index (κ1) is 13.9. The van der Waals surface area contributed by atoms with E-state index in [4.69, 9.17) is 18.0 Å². The smallest absolute Gasteiger partial charge is 0.270 e. The number of rotatable bonds is 6. The van der Waals surface area contributed by atoms with Gasteiger partial charge in [0.25, 0.3) is 5.91 Å². The van der Waals surface area contributed by atoms with Crippen LogP contribution in [0, 0.1) is 5.92 Å². The highest BCUT2D eigenvalue weighted by molar-refractivity contribution is 7.80. The zero-order valence-corrected chi connectivity index (χ0v) is 11.9. The minimum absolute atomic E-state index is 0.123. The number of carbonyl (C=O) groups excluding carboxylic acids is 1. The predicted octanol–water partition coefficient (Wildman–Crippen LogP) is 2.02. The molecule has 0 spiro atoms. The van der Waals surface area contributed by atoms with Gasteiger partial charge in [0.05, 0.1) is 0 Å². The van der Waals surface area contributed by atoms with Crippen molar-refractivity contribution in [2.75, 3.05) is 0 Å². The molecule has 1 unspecified atom stereocenters. The van der Waals surface area contributed by atoms with E-state index in [1.807, 2.05) is 0 Å². The fourth-order valence-electron chi connectivity index (χ4n) is 2.02. The Hall–Kier alpha value is -1.49. The highest BCUT2D eigenvalue weighted by Gasteiger charge is 2.25. The van der Waals surface area contributed by atoms with E-state index in [9.17, 15) is 4.79 Å². The molecule has 4 nitrogen and oxygen atoms in total. The number of aromatic nitrogens is 1. The van der Waals surface area contributed by atoms with E-state index in [1.54, 1.807) is 18.3 Å². The zero-order valence-electron chi connectivity index (χ0n) is 11.1. The van der Waals surface area contributed by atoms with E-state index in [0.717, 1.165) is 18.8 Å². The van der Waals surface area contributed by atoms with Gasteiger partial charge in [-0.05, 0) is 30.9 Å². The summed E-state index contributed by atoms with van der Waals surface area (Å²) in [6.07, 6.45) is 6.17. The normalized spacial score (nSPS) is 15.8. The summed E-state index contributed by atoms with van der Waals surface area (Å²) < 4.78 is 0. The molecule has 1 heterocycles. The van der Waals surface area contributed by atoms with E-state index in [2.05, 4.69) is 17.2 Å². The van der Waals surface area contributed by atoms with Crippen molar-refractivity contribution in [2.45, 2.75) is 38.6 Å². The maximum atomic E-state index is 12.1. The van der Waals surface area contributed by atoms with Crippen molar-refractivity contribution < 1.29 is 4.79 Å². The van der Waals surface area contributed by atoms with Crippen molar-refractivity contribution in [3.05, 3.63) is 29.6 Å². The Morgan fingerprint density at radius 2 is 2.32 bits per heavy atom. The molecule has 0 saturated heterocycles. The molecule has 1 fully saturated rings. The van der Waals surface area contributed by atoms with Gasteiger partial charge in [-0.1, -0.05) is 32.0 Å². The van der Waals surface area contributed by atoms with E-state index in [1.165, 1.54) is 12.8 Å². The van der Waals surface area contributed by atoms with Gasteiger partial charge in [0.1, 0.15) is 10.7 Å². The number of amides is 1. The van der Waals surface area contributed by atoms with E-state index in [-0.39, 0.29) is 11.9 Å². The topological polar surface area (TPSA) is 68.0 Å². The third-order valence-electron chi connectivity index (χ3n) is 3.42. The molecule has 2 rings (SSSR count). The van der Waals surface area contributed by atoms with Gasteiger partial charge in [-0.15, -0.1) is 0 Å². The SMILES string of the molecule is CCC(CC1CC1)NC(=O)c1ccc(C(N)=S)cn1. The highest BCUT2D eigenvalue weighted by Crippen LogP contribution is 2.34. The van der Waals surface area contributed by atoms with Crippen molar-refractivity contribution in [3.63, 3.8) is 0 Å². The first-order valence-corrected chi connectivity index (χ1v) is 7.07. The van der Waals surface area contributed by atoms with Gasteiger partial charge in [0, 0.05) is 17.8 Å². The second-order valence-corrected chi connectivity index (χ2v) is 5.49. The van der Waals surface area contributed by atoms with Crippen LogP contribution in [0.25, 0.3) is 0 Å². The molecule has 1 aromatic rings. The lowest BCUT2D eigenvalue weighted by molar-refractivity contribution is 0.0927. The van der Waals surface area contributed by atoms with Crippen LogP contribution in [-0.2, 0) is 0 Å². The van der Waals surface area contributed by atoms with Crippen LogP contribution in [-0.4, -0.2) is 21.9 Å². The monoisotopic (exact) mass is 277 g/mol. The Kier molecular flexibility index (Phi) is 4.47. The summed E-state index contributed by atoms with van der Waals surface area (Å²) in [5, 5.41) is 3.04. The molecule has 0 aliphatic heterocycles. The van der Waals surface area contributed by atoms with E-state index >= 15 is 0 Å². The number of hydrogen-bond donors (Lipinski definition) is 2. The third kappa shape index (κ3) is 3.99. The first-order valence-electron chi connectivity index (χ1n) is 6.67. The fraction of sp³-hybridized carbons (Fsp3) is 0.500. The number of nitrogens with one attached hydrogen (secondary N) is 1. The highest BCUT2D eigenvalue weighted by atomic mass is 32.1. The van der Waals surface area contributed by atoms with Gasteiger partial charge in [-0.3, -0.25) is 9.78 Å². The van der Waals surface area contributed by atoms with Crippen LogP contribution in [0.4, 0.5) is 0 Å². The number of nitrogens with two attached hydrogens (primary N) is 1. The van der Waals surface area contributed by atoms with Crippen molar-refractivity contribution >= 4 is 23.1 Å². The second kappa shape index (κ2) is 6.10. The lowest BCUT2D eigenvalue weighted by atomic mass is 10.1. The first-order chi connectivity index (χ1) is 9.10. The zero-order chi connectivity index (χ0) is 13.8. The summed E-state index contributed by atoms with van der Waals surface area (Å²) >= 11 is 4.85.